The molecule has 1 aromatic carbocycles. The Kier molecular flexibility index (Phi) is 4.66. The maximum Gasteiger partial charge on any atom is 0.321 e. The SMILES string of the molecule is O=C(O)[C@@H](CCO)NS(=O)(=O)c1ccc2c(c1)OCCO2. The van der Waals surface area contributed by atoms with Crippen LogP contribution in [0.4, 0.5) is 0 Å². The number of rotatable bonds is 6. The molecule has 116 valence electrons. The molecule has 0 saturated heterocycles. The van der Waals surface area contributed by atoms with Gasteiger partial charge in [0.15, 0.2) is 11.5 Å². The van der Waals surface area contributed by atoms with Gasteiger partial charge in [0.25, 0.3) is 0 Å². The van der Waals surface area contributed by atoms with Crippen LogP contribution < -0.4 is 14.2 Å². The summed E-state index contributed by atoms with van der Waals surface area (Å²) in [5.41, 5.74) is 0. The molecule has 0 spiro atoms. The number of hydrogen-bond acceptors (Lipinski definition) is 6. The highest BCUT2D eigenvalue weighted by atomic mass is 32.2. The lowest BCUT2D eigenvalue weighted by Gasteiger charge is -2.19. The monoisotopic (exact) mass is 317 g/mol. The zero-order chi connectivity index (χ0) is 15.5. The summed E-state index contributed by atoms with van der Waals surface area (Å²) in [4.78, 5) is 10.8. The minimum Gasteiger partial charge on any atom is -0.486 e. The molecule has 0 amide bonds. The molecule has 0 aromatic heterocycles. The molecule has 0 saturated carbocycles. The van der Waals surface area contributed by atoms with Crippen LogP contribution >= 0.6 is 0 Å². The number of sulfonamides is 1. The average molecular weight is 317 g/mol. The van der Waals surface area contributed by atoms with E-state index in [1.54, 1.807) is 0 Å². The predicted octanol–water partition coefficient (Wildman–Crippen LogP) is -0.428. The number of nitrogens with one attached hydrogen (secondary N) is 1. The summed E-state index contributed by atoms with van der Waals surface area (Å²) in [6.45, 7) is 0.252. The average Bonchev–Trinajstić information content (AvgIpc) is 2.46. The number of carboxylic acids is 1. The van der Waals surface area contributed by atoms with E-state index in [4.69, 9.17) is 19.7 Å². The highest BCUT2D eigenvalue weighted by molar-refractivity contribution is 7.89. The van der Waals surface area contributed by atoms with Crippen molar-refractivity contribution in [3.63, 3.8) is 0 Å². The van der Waals surface area contributed by atoms with Crippen LogP contribution in [-0.4, -0.2) is 50.5 Å². The summed E-state index contributed by atoms with van der Waals surface area (Å²) in [7, 11) is -4.04. The molecule has 0 aliphatic carbocycles. The molecule has 8 nitrogen and oxygen atoms in total. The molecule has 1 aromatic rings. The summed E-state index contributed by atoms with van der Waals surface area (Å²) in [5, 5.41) is 17.7. The lowest BCUT2D eigenvalue weighted by molar-refractivity contribution is -0.139. The van der Waals surface area contributed by atoms with Crippen LogP contribution in [0.3, 0.4) is 0 Å². The molecule has 0 unspecified atom stereocenters. The molecular weight excluding hydrogens is 302 g/mol. The maximum absolute atomic E-state index is 12.2. The van der Waals surface area contributed by atoms with Crippen molar-refractivity contribution in [2.24, 2.45) is 0 Å². The highest BCUT2D eigenvalue weighted by Crippen LogP contribution is 2.32. The van der Waals surface area contributed by atoms with Crippen LogP contribution in [0, 0.1) is 0 Å². The van der Waals surface area contributed by atoms with Gasteiger partial charge in [-0.15, -0.1) is 0 Å². The van der Waals surface area contributed by atoms with E-state index >= 15 is 0 Å². The Bertz CT molecular complexity index is 628. The van der Waals surface area contributed by atoms with Gasteiger partial charge < -0.3 is 19.7 Å². The lowest BCUT2D eigenvalue weighted by Crippen LogP contribution is -2.41. The van der Waals surface area contributed by atoms with Crippen molar-refractivity contribution in [1.82, 2.24) is 4.72 Å². The van der Waals surface area contributed by atoms with Gasteiger partial charge in [-0.3, -0.25) is 4.79 Å². The number of aliphatic hydroxyl groups is 1. The molecular formula is C12H15NO7S. The largest absolute Gasteiger partial charge is 0.486 e. The van der Waals surface area contributed by atoms with E-state index in [-0.39, 0.29) is 17.1 Å². The van der Waals surface area contributed by atoms with Gasteiger partial charge >= 0.3 is 5.97 Å². The first kappa shape index (κ1) is 15.5. The van der Waals surface area contributed by atoms with Crippen LogP contribution in [0.1, 0.15) is 6.42 Å². The summed E-state index contributed by atoms with van der Waals surface area (Å²) in [6.07, 6.45) is -0.223. The zero-order valence-electron chi connectivity index (χ0n) is 11.0. The van der Waals surface area contributed by atoms with Crippen LogP contribution in [0.2, 0.25) is 0 Å². The number of aliphatic carboxylic acids is 1. The van der Waals surface area contributed by atoms with Crippen molar-refractivity contribution in [2.45, 2.75) is 17.4 Å². The molecule has 1 atom stereocenters. The number of carbonyl (C=O) groups is 1. The van der Waals surface area contributed by atoms with Gasteiger partial charge in [-0.1, -0.05) is 0 Å². The van der Waals surface area contributed by atoms with Gasteiger partial charge in [0.05, 0.1) is 4.90 Å². The van der Waals surface area contributed by atoms with Gasteiger partial charge in [0.1, 0.15) is 19.3 Å². The van der Waals surface area contributed by atoms with Crippen molar-refractivity contribution >= 4 is 16.0 Å². The van der Waals surface area contributed by atoms with Crippen molar-refractivity contribution < 1.29 is 32.9 Å². The third-order valence-electron chi connectivity index (χ3n) is 2.84. The molecule has 0 fully saturated rings. The summed E-state index contributed by atoms with van der Waals surface area (Å²) < 4.78 is 36.9. The Morgan fingerprint density at radius 2 is 1.95 bits per heavy atom. The first-order valence-corrected chi connectivity index (χ1v) is 7.68. The van der Waals surface area contributed by atoms with Crippen LogP contribution in [0.15, 0.2) is 23.1 Å². The standard InChI is InChI=1S/C12H15NO7S/c14-4-3-9(12(15)16)13-21(17,18)8-1-2-10-11(7-8)20-6-5-19-10/h1-2,7,9,13-14H,3-6H2,(H,15,16)/t9-/m1/s1. The Morgan fingerprint density at radius 3 is 2.57 bits per heavy atom. The molecule has 0 bridgehead atoms. The quantitative estimate of drug-likeness (QED) is 0.651. The normalized spacial score (nSPS) is 15.5. The number of benzene rings is 1. The van der Waals surface area contributed by atoms with E-state index in [2.05, 4.69) is 0 Å². The topological polar surface area (TPSA) is 122 Å². The van der Waals surface area contributed by atoms with Gasteiger partial charge in [-0.05, 0) is 18.6 Å². The van der Waals surface area contributed by atoms with Crippen molar-refractivity contribution in [3.8, 4) is 11.5 Å². The Balaban J connectivity index is 2.24. The second-order valence-corrected chi connectivity index (χ2v) is 6.04. The van der Waals surface area contributed by atoms with E-state index in [0.717, 1.165) is 0 Å². The minimum absolute atomic E-state index is 0.129. The Hall–Kier alpha value is -1.84. The molecule has 3 N–H and O–H groups in total. The number of aliphatic hydroxyl groups excluding tert-OH is 1. The first-order valence-electron chi connectivity index (χ1n) is 6.19. The van der Waals surface area contributed by atoms with E-state index in [1.807, 2.05) is 4.72 Å². The van der Waals surface area contributed by atoms with Gasteiger partial charge in [-0.25, -0.2) is 8.42 Å². The summed E-state index contributed by atoms with van der Waals surface area (Å²) >= 11 is 0. The fourth-order valence-corrected chi connectivity index (χ4v) is 3.05. The maximum atomic E-state index is 12.2. The number of carboxylic acid groups (broad SMARTS) is 1. The number of fused-ring (bicyclic) bond motifs is 1. The highest BCUT2D eigenvalue weighted by Gasteiger charge is 2.26. The van der Waals surface area contributed by atoms with Crippen LogP contribution in [0.5, 0.6) is 11.5 Å². The molecule has 2 rings (SSSR count). The van der Waals surface area contributed by atoms with Gasteiger partial charge in [0.2, 0.25) is 10.0 Å². The van der Waals surface area contributed by atoms with Crippen LogP contribution in [0.25, 0.3) is 0 Å². The van der Waals surface area contributed by atoms with Crippen molar-refractivity contribution in [2.75, 3.05) is 19.8 Å². The fourth-order valence-electron chi connectivity index (χ4n) is 1.81. The van der Waals surface area contributed by atoms with E-state index in [9.17, 15) is 13.2 Å². The fraction of sp³-hybridized carbons (Fsp3) is 0.417. The minimum atomic E-state index is -4.04. The lowest BCUT2D eigenvalue weighted by atomic mass is 10.2. The third kappa shape index (κ3) is 3.63. The van der Waals surface area contributed by atoms with E-state index < -0.39 is 28.6 Å². The molecule has 1 aliphatic heterocycles. The predicted molar refractivity (Wildman–Crippen MR) is 70.9 cm³/mol. The van der Waals surface area contributed by atoms with E-state index in [0.29, 0.717) is 19.0 Å². The second kappa shape index (κ2) is 6.29. The smallest absolute Gasteiger partial charge is 0.321 e. The van der Waals surface area contributed by atoms with Gasteiger partial charge in [0, 0.05) is 12.7 Å². The molecule has 9 heteroatoms. The number of hydrogen-bond donors (Lipinski definition) is 3. The zero-order valence-corrected chi connectivity index (χ0v) is 11.8. The van der Waals surface area contributed by atoms with Crippen LogP contribution in [-0.2, 0) is 14.8 Å². The Labute approximate surface area is 121 Å². The molecule has 1 heterocycles. The second-order valence-electron chi connectivity index (χ2n) is 4.33. The summed E-state index contributed by atoms with van der Waals surface area (Å²) in [5.74, 6) is -0.631. The third-order valence-corrected chi connectivity index (χ3v) is 4.31. The van der Waals surface area contributed by atoms with Gasteiger partial charge in [-0.2, -0.15) is 4.72 Å². The van der Waals surface area contributed by atoms with Crippen molar-refractivity contribution in [1.29, 1.82) is 0 Å². The molecule has 0 radical (unpaired) electrons. The summed E-state index contributed by atoms with van der Waals surface area (Å²) in [6, 6.07) is 2.63. The molecule has 1 aliphatic rings. The molecule has 21 heavy (non-hydrogen) atoms. The Morgan fingerprint density at radius 1 is 1.29 bits per heavy atom. The van der Waals surface area contributed by atoms with E-state index in [1.165, 1.54) is 18.2 Å². The number of ether oxygens (including phenoxy) is 2. The first-order chi connectivity index (χ1) is 9.94. The van der Waals surface area contributed by atoms with Crippen molar-refractivity contribution in [3.05, 3.63) is 18.2 Å².